The van der Waals surface area contributed by atoms with Gasteiger partial charge in [-0.2, -0.15) is 0 Å². The van der Waals surface area contributed by atoms with E-state index in [4.69, 9.17) is 11.6 Å². The van der Waals surface area contributed by atoms with Crippen LogP contribution in [-0.2, 0) is 11.8 Å². The molecule has 12 heteroatoms. The minimum atomic E-state index is -0.569. The lowest BCUT2D eigenvalue weighted by Gasteiger charge is -2.14. The smallest absolute Gasteiger partial charge is 0.271 e. The molecule has 1 heterocycles. The van der Waals surface area contributed by atoms with Crippen molar-refractivity contribution in [2.24, 2.45) is 7.05 Å². The van der Waals surface area contributed by atoms with Crippen molar-refractivity contribution in [1.29, 1.82) is 0 Å². The molecule has 0 saturated heterocycles. The number of carbonyl (C=O) groups excluding carboxylic acids is 2. The highest BCUT2D eigenvalue weighted by molar-refractivity contribution is 7.99. The molecule has 1 atom stereocenters. The van der Waals surface area contributed by atoms with Crippen molar-refractivity contribution in [3.63, 3.8) is 0 Å². The second-order valence-corrected chi connectivity index (χ2v) is 8.57. The lowest BCUT2D eigenvalue weighted by atomic mass is 10.1. The molecule has 2 N–H and O–H groups in total. The Kier molecular flexibility index (Phi) is 7.67. The van der Waals surface area contributed by atoms with Crippen LogP contribution in [0.2, 0.25) is 5.02 Å². The first-order valence-electron chi connectivity index (χ1n) is 9.79. The van der Waals surface area contributed by atoms with Crippen molar-refractivity contribution in [1.82, 2.24) is 20.1 Å². The van der Waals surface area contributed by atoms with Crippen LogP contribution in [0.3, 0.4) is 0 Å². The Morgan fingerprint density at radius 1 is 1.24 bits per heavy atom. The van der Waals surface area contributed by atoms with E-state index in [9.17, 15) is 19.7 Å². The van der Waals surface area contributed by atoms with Gasteiger partial charge < -0.3 is 15.2 Å². The van der Waals surface area contributed by atoms with Gasteiger partial charge in [-0.3, -0.25) is 19.7 Å². The number of nitro benzene ring substituents is 1. The highest BCUT2D eigenvalue weighted by Gasteiger charge is 2.19. The Bertz CT molecular complexity index is 1220. The number of aromatic nitrogens is 3. The molecule has 0 radical (unpaired) electrons. The standard InChI is InChI=1S/C21H21ClN6O4S/c1-12-5-4-6-14(9-12)20(30)23-13(2)19-25-26-21(27(19)3)33-11-18(29)24-17-10-15(28(31)32)7-8-16(17)22/h4-10,13H,11H2,1-3H3,(H,23,30)(H,24,29)/t13-/m1/s1. The normalized spacial score (nSPS) is 11.6. The van der Waals surface area contributed by atoms with E-state index in [1.165, 1.54) is 18.2 Å². The van der Waals surface area contributed by atoms with Gasteiger partial charge in [-0.1, -0.05) is 41.1 Å². The predicted molar refractivity (Wildman–Crippen MR) is 126 cm³/mol. The molecule has 3 rings (SSSR count). The fourth-order valence-corrected chi connectivity index (χ4v) is 3.88. The third-order valence-corrected chi connectivity index (χ3v) is 6.00. The Morgan fingerprint density at radius 3 is 2.70 bits per heavy atom. The molecule has 0 aliphatic carbocycles. The first-order chi connectivity index (χ1) is 15.7. The summed E-state index contributed by atoms with van der Waals surface area (Å²) < 4.78 is 1.69. The van der Waals surface area contributed by atoms with E-state index in [2.05, 4.69) is 20.8 Å². The van der Waals surface area contributed by atoms with Crippen molar-refractivity contribution >= 4 is 46.6 Å². The molecular weight excluding hydrogens is 468 g/mol. The van der Waals surface area contributed by atoms with Crippen LogP contribution in [0.5, 0.6) is 0 Å². The van der Waals surface area contributed by atoms with E-state index in [0.717, 1.165) is 17.3 Å². The molecule has 10 nitrogen and oxygen atoms in total. The zero-order valence-electron chi connectivity index (χ0n) is 18.0. The Balaban J connectivity index is 1.60. The summed E-state index contributed by atoms with van der Waals surface area (Å²) in [5, 5.41) is 25.3. The lowest BCUT2D eigenvalue weighted by Crippen LogP contribution is -2.28. The number of thioether (sulfide) groups is 1. The van der Waals surface area contributed by atoms with Crippen LogP contribution in [0.15, 0.2) is 47.6 Å². The average molecular weight is 489 g/mol. The first kappa shape index (κ1) is 24.2. The van der Waals surface area contributed by atoms with Gasteiger partial charge in [-0.05, 0) is 32.0 Å². The van der Waals surface area contributed by atoms with Gasteiger partial charge in [0.15, 0.2) is 11.0 Å². The summed E-state index contributed by atoms with van der Waals surface area (Å²) in [7, 11) is 1.74. The van der Waals surface area contributed by atoms with Gasteiger partial charge in [0.05, 0.1) is 27.4 Å². The Labute approximate surface area is 198 Å². The molecule has 172 valence electrons. The van der Waals surface area contributed by atoms with Gasteiger partial charge >= 0.3 is 0 Å². The van der Waals surface area contributed by atoms with Crippen molar-refractivity contribution in [3.8, 4) is 0 Å². The number of nitrogens with one attached hydrogen (secondary N) is 2. The molecule has 33 heavy (non-hydrogen) atoms. The maximum atomic E-state index is 12.5. The van der Waals surface area contributed by atoms with E-state index >= 15 is 0 Å². The molecule has 2 aromatic carbocycles. The van der Waals surface area contributed by atoms with Crippen LogP contribution in [0.4, 0.5) is 11.4 Å². The highest BCUT2D eigenvalue weighted by atomic mass is 35.5. The molecule has 0 aliphatic heterocycles. The number of amides is 2. The third-order valence-electron chi connectivity index (χ3n) is 4.65. The molecule has 0 saturated carbocycles. The number of aryl methyl sites for hydroxylation is 1. The number of benzene rings is 2. The van der Waals surface area contributed by atoms with E-state index in [1.807, 2.05) is 19.1 Å². The summed E-state index contributed by atoms with van der Waals surface area (Å²) in [5.74, 6) is -0.125. The van der Waals surface area contributed by atoms with Gasteiger partial charge in [-0.15, -0.1) is 10.2 Å². The molecule has 1 aromatic heterocycles. The minimum absolute atomic E-state index is 0.0188. The van der Waals surface area contributed by atoms with Crippen molar-refractivity contribution in [2.45, 2.75) is 25.0 Å². The first-order valence-corrected chi connectivity index (χ1v) is 11.2. The fourth-order valence-electron chi connectivity index (χ4n) is 3.00. The van der Waals surface area contributed by atoms with Crippen molar-refractivity contribution < 1.29 is 14.5 Å². The average Bonchev–Trinajstić information content (AvgIpc) is 3.14. The molecule has 0 spiro atoms. The summed E-state index contributed by atoms with van der Waals surface area (Å²) in [4.78, 5) is 35.2. The van der Waals surface area contributed by atoms with Crippen molar-refractivity contribution in [2.75, 3.05) is 11.1 Å². The second kappa shape index (κ2) is 10.5. The zero-order valence-corrected chi connectivity index (χ0v) is 19.6. The number of nitro groups is 1. The van der Waals surface area contributed by atoms with E-state index < -0.39 is 16.9 Å². The predicted octanol–water partition coefficient (Wildman–Crippen LogP) is 3.91. The van der Waals surface area contributed by atoms with Crippen LogP contribution in [0.1, 0.15) is 34.7 Å². The van der Waals surface area contributed by atoms with Crippen LogP contribution >= 0.6 is 23.4 Å². The summed E-state index contributed by atoms with van der Waals surface area (Å²) in [6.45, 7) is 3.71. The summed E-state index contributed by atoms with van der Waals surface area (Å²) in [6.07, 6.45) is 0. The minimum Gasteiger partial charge on any atom is -0.342 e. The summed E-state index contributed by atoms with van der Waals surface area (Å²) in [5.41, 5.74) is 1.51. The van der Waals surface area contributed by atoms with Gasteiger partial charge in [0.2, 0.25) is 5.91 Å². The van der Waals surface area contributed by atoms with Crippen LogP contribution in [-0.4, -0.2) is 37.3 Å². The van der Waals surface area contributed by atoms with Crippen molar-refractivity contribution in [3.05, 3.63) is 74.6 Å². The number of carbonyl (C=O) groups is 2. The number of nitrogens with zero attached hydrogens (tertiary/aromatic N) is 4. The fraction of sp³-hybridized carbons (Fsp3) is 0.238. The largest absolute Gasteiger partial charge is 0.342 e. The van der Waals surface area contributed by atoms with Crippen LogP contribution < -0.4 is 10.6 Å². The number of halogens is 1. The quantitative estimate of drug-likeness (QED) is 0.279. The molecule has 0 unspecified atom stereocenters. The monoisotopic (exact) mass is 488 g/mol. The highest BCUT2D eigenvalue weighted by Crippen LogP contribution is 2.27. The van der Waals surface area contributed by atoms with Crippen LogP contribution in [0.25, 0.3) is 0 Å². The maximum Gasteiger partial charge on any atom is 0.271 e. The van der Waals surface area contributed by atoms with Gasteiger partial charge in [-0.25, -0.2) is 0 Å². The van der Waals surface area contributed by atoms with Crippen LogP contribution in [0, 0.1) is 17.0 Å². The molecule has 0 fully saturated rings. The molecule has 0 aliphatic rings. The molecular formula is C21H21ClN6O4S. The number of rotatable bonds is 8. The lowest BCUT2D eigenvalue weighted by molar-refractivity contribution is -0.384. The number of hydrogen-bond acceptors (Lipinski definition) is 7. The topological polar surface area (TPSA) is 132 Å². The zero-order chi connectivity index (χ0) is 24.1. The second-order valence-electron chi connectivity index (χ2n) is 7.22. The Morgan fingerprint density at radius 2 is 2.00 bits per heavy atom. The van der Waals surface area contributed by atoms with Gasteiger partial charge in [0, 0.05) is 24.7 Å². The van der Waals surface area contributed by atoms with E-state index in [1.54, 1.807) is 30.7 Å². The maximum absolute atomic E-state index is 12.5. The molecule has 0 bridgehead atoms. The SMILES string of the molecule is Cc1cccc(C(=O)N[C@H](C)c2nnc(SCC(=O)Nc3cc([N+](=O)[O-])ccc3Cl)n2C)c1. The third kappa shape index (κ3) is 6.08. The number of anilines is 1. The summed E-state index contributed by atoms with van der Waals surface area (Å²) >= 11 is 7.15. The molecule has 3 aromatic rings. The molecule has 2 amide bonds. The number of non-ortho nitro benzene ring substituents is 1. The van der Waals surface area contributed by atoms with Gasteiger partial charge in [0.25, 0.3) is 11.6 Å². The van der Waals surface area contributed by atoms with Gasteiger partial charge in [0.1, 0.15) is 0 Å². The number of hydrogen-bond donors (Lipinski definition) is 2. The Hall–Kier alpha value is -3.44. The summed E-state index contributed by atoms with van der Waals surface area (Å²) in [6, 6.07) is 10.7. The van der Waals surface area contributed by atoms with E-state index in [-0.39, 0.29) is 28.1 Å². The van der Waals surface area contributed by atoms with E-state index in [0.29, 0.717) is 16.5 Å².